The number of anilines is 2. The van der Waals surface area contributed by atoms with Crippen LogP contribution in [0.5, 0.6) is 0 Å². The number of nitrogens with zero attached hydrogens (tertiary/aromatic N) is 5. The van der Waals surface area contributed by atoms with Gasteiger partial charge in [0.2, 0.25) is 0 Å². The number of nitrogens with one attached hydrogen (secondary N) is 1. The van der Waals surface area contributed by atoms with E-state index in [0.29, 0.717) is 18.8 Å². The van der Waals surface area contributed by atoms with Crippen LogP contribution in [0.2, 0.25) is 0 Å². The van der Waals surface area contributed by atoms with Crippen LogP contribution in [-0.2, 0) is 4.74 Å². The summed E-state index contributed by atoms with van der Waals surface area (Å²) in [6, 6.07) is 5.94. The topological polar surface area (TPSA) is 83.5 Å². The molecule has 0 bridgehead atoms. The van der Waals surface area contributed by atoms with Crippen molar-refractivity contribution in [2.75, 3.05) is 56.2 Å². The Bertz CT molecular complexity index is 671. The van der Waals surface area contributed by atoms with E-state index >= 15 is 0 Å². The van der Waals surface area contributed by atoms with Crippen LogP contribution >= 0.6 is 0 Å². The van der Waals surface area contributed by atoms with Gasteiger partial charge in [-0.25, -0.2) is 15.0 Å². The van der Waals surface area contributed by atoms with Crippen LogP contribution in [0.1, 0.15) is 10.5 Å². The van der Waals surface area contributed by atoms with Crippen molar-refractivity contribution in [3.63, 3.8) is 0 Å². The lowest BCUT2D eigenvalue weighted by Gasteiger charge is -2.35. The number of carbonyl (C=O) groups excluding carboxylic acids is 1. The van der Waals surface area contributed by atoms with Crippen LogP contribution in [0, 0.1) is 0 Å². The Morgan fingerprint density at radius 3 is 2.44 bits per heavy atom. The summed E-state index contributed by atoms with van der Waals surface area (Å²) in [4.78, 5) is 29.3. The number of pyridine rings is 1. The number of hydrogen-bond acceptors (Lipinski definition) is 7. The van der Waals surface area contributed by atoms with Crippen molar-refractivity contribution >= 4 is 17.5 Å². The second-order valence-corrected chi connectivity index (χ2v) is 5.67. The first-order chi connectivity index (χ1) is 12.3. The summed E-state index contributed by atoms with van der Waals surface area (Å²) < 4.78 is 4.90. The molecule has 2 aromatic rings. The van der Waals surface area contributed by atoms with Gasteiger partial charge in [0.15, 0.2) is 0 Å². The van der Waals surface area contributed by atoms with Gasteiger partial charge in [0, 0.05) is 46.0 Å². The van der Waals surface area contributed by atoms with E-state index in [2.05, 4.69) is 30.1 Å². The summed E-state index contributed by atoms with van der Waals surface area (Å²) in [5.41, 5.74) is 0.312. The normalized spacial score (nSPS) is 14.4. The number of carbonyl (C=O) groups is 1. The van der Waals surface area contributed by atoms with Gasteiger partial charge in [-0.15, -0.1) is 0 Å². The Morgan fingerprint density at radius 1 is 1.08 bits per heavy atom. The minimum Gasteiger partial charge on any atom is -0.383 e. The molecule has 8 heteroatoms. The Morgan fingerprint density at radius 2 is 1.84 bits per heavy atom. The standard InChI is InChI=1S/C17H22N6O2/c1-25-11-6-19-17(24)14-12-21-16(13-20-14)23-9-7-22(8-10-23)15-4-2-3-5-18-15/h2-5,12-13H,6-11H2,1H3,(H,19,24). The maximum absolute atomic E-state index is 11.9. The molecule has 0 saturated carbocycles. The molecular formula is C17H22N6O2. The first-order valence-electron chi connectivity index (χ1n) is 8.28. The fourth-order valence-corrected chi connectivity index (χ4v) is 2.66. The molecule has 8 nitrogen and oxygen atoms in total. The minimum atomic E-state index is -0.240. The number of hydrogen-bond donors (Lipinski definition) is 1. The molecule has 1 saturated heterocycles. The Balaban J connectivity index is 1.54. The second kappa shape index (κ2) is 8.39. The molecule has 0 aliphatic carbocycles. The lowest BCUT2D eigenvalue weighted by molar-refractivity contribution is 0.0931. The summed E-state index contributed by atoms with van der Waals surface area (Å²) in [6.07, 6.45) is 4.98. The van der Waals surface area contributed by atoms with E-state index in [1.165, 1.54) is 6.20 Å². The van der Waals surface area contributed by atoms with Crippen molar-refractivity contribution in [3.8, 4) is 0 Å². The zero-order valence-electron chi connectivity index (χ0n) is 14.3. The zero-order chi connectivity index (χ0) is 17.5. The van der Waals surface area contributed by atoms with Crippen LogP contribution < -0.4 is 15.1 Å². The molecule has 0 radical (unpaired) electrons. The molecule has 25 heavy (non-hydrogen) atoms. The van der Waals surface area contributed by atoms with Gasteiger partial charge in [0.25, 0.3) is 5.91 Å². The average Bonchev–Trinajstić information content (AvgIpc) is 2.69. The smallest absolute Gasteiger partial charge is 0.271 e. The van der Waals surface area contributed by atoms with Gasteiger partial charge in [-0.05, 0) is 12.1 Å². The number of amides is 1. The van der Waals surface area contributed by atoms with Crippen molar-refractivity contribution in [2.24, 2.45) is 0 Å². The summed E-state index contributed by atoms with van der Waals surface area (Å²) in [5, 5.41) is 2.73. The average molecular weight is 342 g/mol. The number of rotatable bonds is 6. The molecule has 132 valence electrons. The van der Waals surface area contributed by atoms with E-state index in [9.17, 15) is 4.79 Å². The highest BCUT2D eigenvalue weighted by atomic mass is 16.5. The highest BCUT2D eigenvalue weighted by Crippen LogP contribution is 2.16. The van der Waals surface area contributed by atoms with Crippen molar-refractivity contribution in [3.05, 3.63) is 42.5 Å². The van der Waals surface area contributed by atoms with Crippen molar-refractivity contribution < 1.29 is 9.53 Å². The molecule has 1 amide bonds. The fourth-order valence-electron chi connectivity index (χ4n) is 2.66. The lowest BCUT2D eigenvalue weighted by Crippen LogP contribution is -2.47. The van der Waals surface area contributed by atoms with Crippen LogP contribution in [0.15, 0.2) is 36.8 Å². The van der Waals surface area contributed by atoms with E-state index in [4.69, 9.17) is 4.74 Å². The van der Waals surface area contributed by atoms with Crippen molar-refractivity contribution in [1.29, 1.82) is 0 Å². The van der Waals surface area contributed by atoms with E-state index in [0.717, 1.165) is 37.8 Å². The first kappa shape index (κ1) is 17.1. The van der Waals surface area contributed by atoms with Crippen LogP contribution in [-0.4, -0.2) is 67.3 Å². The molecule has 0 atom stereocenters. The molecule has 1 fully saturated rings. The lowest BCUT2D eigenvalue weighted by atomic mass is 10.3. The van der Waals surface area contributed by atoms with E-state index in [-0.39, 0.29) is 5.91 Å². The van der Waals surface area contributed by atoms with Gasteiger partial charge >= 0.3 is 0 Å². The molecule has 0 unspecified atom stereocenters. The molecule has 3 heterocycles. The Hall–Kier alpha value is -2.74. The molecule has 1 aliphatic rings. The van der Waals surface area contributed by atoms with Crippen molar-refractivity contribution in [1.82, 2.24) is 20.3 Å². The molecule has 1 N–H and O–H groups in total. The van der Waals surface area contributed by atoms with E-state index < -0.39 is 0 Å². The second-order valence-electron chi connectivity index (χ2n) is 5.67. The third-order valence-corrected chi connectivity index (χ3v) is 4.04. The van der Waals surface area contributed by atoms with Gasteiger partial charge in [-0.1, -0.05) is 6.07 Å². The Kier molecular flexibility index (Phi) is 5.73. The predicted octanol–water partition coefficient (Wildman–Crippen LogP) is 0.574. The highest BCUT2D eigenvalue weighted by molar-refractivity contribution is 5.91. The largest absolute Gasteiger partial charge is 0.383 e. The maximum atomic E-state index is 11.9. The SMILES string of the molecule is COCCNC(=O)c1cnc(N2CCN(c3ccccn3)CC2)cn1. The van der Waals surface area contributed by atoms with E-state index in [1.807, 2.05) is 24.4 Å². The molecular weight excluding hydrogens is 320 g/mol. The first-order valence-corrected chi connectivity index (χ1v) is 8.28. The maximum Gasteiger partial charge on any atom is 0.271 e. The van der Waals surface area contributed by atoms with Gasteiger partial charge in [-0.2, -0.15) is 0 Å². The quantitative estimate of drug-likeness (QED) is 0.769. The van der Waals surface area contributed by atoms with Crippen LogP contribution in [0.3, 0.4) is 0 Å². The zero-order valence-corrected chi connectivity index (χ0v) is 14.3. The summed E-state index contributed by atoms with van der Waals surface area (Å²) >= 11 is 0. The van der Waals surface area contributed by atoms with Gasteiger partial charge < -0.3 is 19.9 Å². The third kappa shape index (κ3) is 4.42. The number of methoxy groups -OCH3 is 1. The summed E-state index contributed by atoms with van der Waals surface area (Å²) in [7, 11) is 1.59. The third-order valence-electron chi connectivity index (χ3n) is 4.04. The molecule has 3 rings (SSSR count). The number of ether oxygens (including phenoxy) is 1. The molecule has 1 aliphatic heterocycles. The van der Waals surface area contributed by atoms with Gasteiger partial charge in [0.1, 0.15) is 17.3 Å². The van der Waals surface area contributed by atoms with Crippen molar-refractivity contribution in [2.45, 2.75) is 0 Å². The highest BCUT2D eigenvalue weighted by Gasteiger charge is 2.19. The predicted molar refractivity (Wildman–Crippen MR) is 94.9 cm³/mol. The van der Waals surface area contributed by atoms with Gasteiger partial charge in [0.05, 0.1) is 19.0 Å². The van der Waals surface area contributed by atoms with Crippen LogP contribution in [0.4, 0.5) is 11.6 Å². The molecule has 0 aromatic carbocycles. The van der Waals surface area contributed by atoms with E-state index in [1.54, 1.807) is 13.3 Å². The van der Waals surface area contributed by atoms with Crippen LogP contribution in [0.25, 0.3) is 0 Å². The summed E-state index contributed by atoms with van der Waals surface area (Å²) in [5.74, 6) is 1.54. The number of piperazine rings is 1. The van der Waals surface area contributed by atoms with Gasteiger partial charge in [-0.3, -0.25) is 4.79 Å². The molecule has 0 spiro atoms. The fraction of sp³-hybridized carbons (Fsp3) is 0.412. The molecule has 2 aromatic heterocycles. The Labute approximate surface area is 146 Å². The monoisotopic (exact) mass is 342 g/mol. The number of aromatic nitrogens is 3. The minimum absolute atomic E-state index is 0.240. The summed E-state index contributed by atoms with van der Waals surface area (Å²) in [6.45, 7) is 4.34.